The molecular formula is C117H125N17O15. The summed E-state index contributed by atoms with van der Waals surface area (Å²) < 4.78 is 10.7. The van der Waals surface area contributed by atoms with Crippen LogP contribution in [0.4, 0.5) is 0 Å². The molecular weight excluding hydrogens is 1880 g/mol. The van der Waals surface area contributed by atoms with E-state index in [0.717, 1.165) is 225 Å². The highest BCUT2D eigenvalue weighted by atomic mass is 16.4. The van der Waals surface area contributed by atoms with Gasteiger partial charge in [-0.05, 0) is 272 Å². The predicted molar refractivity (Wildman–Crippen MR) is 586 cm³/mol. The number of nitrogens with one attached hydrogen (secondary N) is 6. The molecule has 3 aliphatic heterocycles. The molecule has 0 spiro atoms. The van der Waals surface area contributed by atoms with Crippen molar-refractivity contribution in [1.82, 2.24) is 72.8 Å². The molecule has 768 valence electrons. The van der Waals surface area contributed by atoms with Gasteiger partial charge in [0.25, 0.3) is 27.8 Å². The Balaban J connectivity index is 0.000000134. The molecule has 14 heterocycles. The van der Waals surface area contributed by atoms with Crippen LogP contribution in [0.15, 0.2) is 240 Å². The third-order valence-corrected chi connectivity index (χ3v) is 28.4. The van der Waals surface area contributed by atoms with E-state index < -0.39 is 57.6 Å². The molecule has 1 saturated heterocycles. The molecule has 32 nitrogen and oxygen atoms in total. The lowest BCUT2D eigenvalue weighted by Gasteiger charge is -2.22. The number of aromatic amines is 5. The van der Waals surface area contributed by atoms with Crippen molar-refractivity contribution >= 4 is 96.0 Å². The maximum absolute atomic E-state index is 12.5. The molecule has 0 atom stereocenters. The number of likely N-dealkylation sites (tertiary alicyclic amines) is 1. The van der Waals surface area contributed by atoms with Crippen LogP contribution in [0, 0.1) is 0 Å². The summed E-state index contributed by atoms with van der Waals surface area (Å²) in [7, 11) is 10.2. The van der Waals surface area contributed by atoms with Gasteiger partial charge in [0.15, 0.2) is 0 Å². The Kier molecular flexibility index (Phi) is 32.7. The number of amidine groups is 1. The first-order valence-electron chi connectivity index (χ1n) is 50.6. The largest absolute Gasteiger partial charge is 0.477 e. The second-order valence-corrected chi connectivity index (χ2v) is 37.9. The molecule has 0 bridgehead atoms. The Morgan fingerprint density at radius 3 is 1.13 bits per heavy atom. The van der Waals surface area contributed by atoms with Crippen LogP contribution in [0.1, 0.15) is 200 Å². The molecule has 0 saturated carbocycles. The molecule has 0 unspecified atom stereocenters. The number of H-pyrrole nitrogens is 5. The second-order valence-electron chi connectivity index (χ2n) is 37.9. The van der Waals surface area contributed by atoms with Gasteiger partial charge in [-0.15, -0.1) is 0 Å². The van der Waals surface area contributed by atoms with Gasteiger partial charge in [0.05, 0.1) is 62.3 Å². The summed E-state index contributed by atoms with van der Waals surface area (Å²) in [5.74, 6) is -5.17. The lowest BCUT2D eigenvalue weighted by Crippen LogP contribution is -2.31. The van der Waals surface area contributed by atoms with Crippen molar-refractivity contribution in [2.45, 2.75) is 145 Å². The van der Waals surface area contributed by atoms with Gasteiger partial charge in [0.1, 0.15) is 33.7 Å². The lowest BCUT2D eigenvalue weighted by molar-refractivity contribution is 0.0684. The fraction of sp³-hybridized carbons (Fsp3) is 0.291. The maximum Gasteiger partial charge on any atom is 0.341 e. The fourth-order valence-electron chi connectivity index (χ4n) is 20.3. The maximum atomic E-state index is 12.5. The lowest BCUT2D eigenvalue weighted by atomic mass is 10.00. The molecule has 1 fully saturated rings. The van der Waals surface area contributed by atoms with Gasteiger partial charge in [-0.3, -0.25) is 48.7 Å². The second kappa shape index (κ2) is 46.3. The van der Waals surface area contributed by atoms with Crippen molar-refractivity contribution in [1.29, 1.82) is 0 Å². The first-order chi connectivity index (χ1) is 71.8. The number of fused-ring (bicyclic) bond motifs is 5. The van der Waals surface area contributed by atoms with Crippen LogP contribution in [-0.2, 0) is 100 Å². The molecule has 0 aliphatic carbocycles. The number of aromatic nitrogens is 11. The molecule has 11 aromatic heterocycles. The van der Waals surface area contributed by atoms with Crippen LogP contribution in [0.2, 0.25) is 0 Å². The minimum Gasteiger partial charge on any atom is -0.477 e. The summed E-state index contributed by atoms with van der Waals surface area (Å²) in [6, 6.07) is 62.9. The monoisotopic (exact) mass is 2010 g/mol. The smallest absolute Gasteiger partial charge is 0.341 e. The van der Waals surface area contributed by atoms with E-state index in [1.807, 2.05) is 136 Å². The Bertz CT molecular complexity index is 8330. The van der Waals surface area contributed by atoms with Gasteiger partial charge < -0.3 is 78.6 Å². The molecule has 32 heteroatoms. The van der Waals surface area contributed by atoms with Gasteiger partial charge in [-0.2, -0.15) is 0 Å². The number of carbonyl (C=O) groups is 5. The van der Waals surface area contributed by atoms with Crippen molar-refractivity contribution in [3.05, 3.63) is 353 Å². The normalized spacial score (nSPS) is 13.0. The van der Waals surface area contributed by atoms with Gasteiger partial charge >= 0.3 is 29.8 Å². The van der Waals surface area contributed by atoms with Gasteiger partial charge in [0.2, 0.25) is 0 Å². The topological polar surface area (TPSA) is 435 Å². The zero-order valence-corrected chi connectivity index (χ0v) is 85.9. The number of carboxylic acid groups (broad SMARTS) is 5. The zero-order chi connectivity index (χ0) is 106. The number of aliphatic imine (C=N–C) groups is 2. The van der Waals surface area contributed by atoms with E-state index in [-0.39, 0.29) is 27.8 Å². The van der Waals surface area contributed by atoms with E-state index in [1.165, 1.54) is 71.1 Å². The quantitative estimate of drug-likeness (QED) is 0.0207. The third kappa shape index (κ3) is 23.1. The predicted octanol–water partition coefficient (Wildman–Crippen LogP) is 18.3. The molecule has 0 amide bonds. The SMILES string of the molecule is CCc1cc(C(=O)O)c(=O)[nH]c1-c1ccc2c(c1)c(CN(CC)CC)cn2C.CCc1cc(C(=O)O)c(=O)[nH]c1-c1ccc2c(c1)c(CN(Cc1ccccc1)Cc1ccccc1)cn2C.CCc1cc(C(=O)O)c(=O)[nH]c1-c1ccc2c(c1)cc(C1=NCCC1)n2C.CCc1cc(C(=O)O)c(=O)[nH]c1-c1ccc2c(c1)cc(C1=NCCCN1)n2C.CCc1cc(C(=O)O)c(=O)[nH]c1-c1ccc2c(cc(CN3CCCC3)n2C)n1. The number of hydrogen-bond acceptors (Lipinski definition) is 17. The van der Waals surface area contributed by atoms with Crippen LogP contribution in [-0.4, -0.2) is 180 Å². The summed E-state index contributed by atoms with van der Waals surface area (Å²) in [4.78, 5) is 153. The van der Waals surface area contributed by atoms with Crippen molar-refractivity contribution in [3.8, 4) is 56.4 Å². The number of aromatic carboxylic acids is 5. The highest BCUT2D eigenvalue weighted by Crippen LogP contribution is 2.37. The van der Waals surface area contributed by atoms with Crippen molar-refractivity contribution in [2.24, 2.45) is 45.2 Å². The van der Waals surface area contributed by atoms with E-state index in [1.54, 1.807) is 0 Å². The summed E-state index contributed by atoms with van der Waals surface area (Å²) in [5.41, 5.74) is 23.1. The summed E-state index contributed by atoms with van der Waals surface area (Å²) in [6.07, 6.45) is 13.1. The van der Waals surface area contributed by atoms with Crippen LogP contribution < -0.4 is 33.1 Å². The molecule has 11 N–H and O–H groups in total. The number of nitrogens with zero attached hydrogens (tertiary/aromatic N) is 11. The van der Waals surface area contributed by atoms with Crippen LogP contribution in [0.3, 0.4) is 0 Å². The molecule has 6 aromatic carbocycles. The summed E-state index contributed by atoms with van der Waals surface area (Å²) in [5, 5.41) is 53.9. The van der Waals surface area contributed by atoms with E-state index in [0.29, 0.717) is 66.3 Å². The third-order valence-electron chi connectivity index (χ3n) is 28.4. The first-order valence-corrected chi connectivity index (χ1v) is 50.6. The number of aryl methyl sites for hydroxylation is 10. The number of benzene rings is 6. The van der Waals surface area contributed by atoms with Crippen LogP contribution >= 0.6 is 0 Å². The highest BCUT2D eigenvalue weighted by Gasteiger charge is 2.27. The average molecular weight is 2010 g/mol. The summed E-state index contributed by atoms with van der Waals surface area (Å²) >= 11 is 0. The first kappa shape index (κ1) is 105. The van der Waals surface area contributed by atoms with Crippen molar-refractivity contribution in [2.75, 3.05) is 45.8 Å². The number of rotatable bonds is 29. The summed E-state index contributed by atoms with van der Waals surface area (Å²) in [6.45, 7) is 25.1. The minimum absolute atomic E-state index is 0.219. The number of hydrogen-bond donors (Lipinski definition) is 11. The molecule has 20 rings (SSSR count). The van der Waals surface area contributed by atoms with E-state index in [9.17, 15) is 73.5 Å². The fourth-order valence-corrected chi connectivity index (χ4v) is 20.3. The Labute approximate surface area is 859 Å². The van der Waals surface area contributed by atoms with Gasteiger partial charge in [-0.1, -0.05) is 133 Å². The van der Waals surface area contributed by atoms with Crippen molar-refractivity contribution in [3.63, 3.8) is 0 Å². The van der Waals surface area contributed by atoms with Crippen molar-refractivity contribution < 1.29 is 49.5 Å². The number of carboxylic acids is 5. The zero-order valence-electron chi connectivity index (χ0n) is 85.9. The van der Waals surface area contributed by atoms with E-state index in [4.69, 9.17) is 4.98 Å². The van der Waals surface area contributed by atoms with E-state index in [2.05, 4.69) is 202 Å². The number of pyridine rings is 6. The Morgan fingerprint density at radius 2 is 0.738 bits per heavy atom. The Hall–Kier alpha value is -16.7. The minimum atomic E-state index is -1.22. The highest BCUT2D eigenvalue weighted by molar-refractivity contribution is 6.06. The van der Waals surface area contributed by atoms with E-state index >= 15 is 0 Å². The van der Waals surface area contributed by atoms with Gasteiger partial charge in [0, 0.05) is 149 Å². The molecule has 17 aromatic rings. The van der Waals surface area contributed by atoms with Crippen LogP contribution in [0.5, 0.6) is 0 Å². The molecule has 3 aliphatic rings. The van der Waals surface area contributed by atoms with Gasteiger partial charge in [-0.25, -0.2) is 29.0 Å². The average Bonchev–Trinajstić information content (AvgIpc) is 1.68. The Morgan fingerprint density at radius 1 is 0.362 bits per heavy atom. The molecule has 149 heavy (non-hydrogen) atoms. The standard InChI is InChI=1S/C32H31N3O3.C22H27N3O3.C21H22N4O3.C21H24N4O3.C21H21N3O3/c1-3-24-16-28(32(37)38)31(36)33-30(24)25-14-15-29-27(17-25)26(20-34(29)2)21-35(18-22-10-6-4-7-11-22)19-23-12-8-5-9-13-23;1-5-14-10-18(22(27)28)21(26)23-20(14)15-8-9-19-17(11-15)16(12-24(19)4)13-25(6-2)7-3;1-3-12-10-15(21(27)28)20(26)24-18(12)13-5-6-16-14(9-13)11-17(25(16)2)19-22-7-4-8-23-19;1-3-13-10-15(21(27)28)20(26)23-19(13)16-6-7-18-17(22-16)11-14(24(18)2)12-25-8-4-5-9-25;1-3-12-10-15(21(26)27)20(25)23-19(12)13-6-7-17-14(9-13)11-18(24(17)2)16-5-4-8-22-16/h4-17,20H,3,18-19,21H2,1-2H3,(H,33,36)(H,37,38);8-12H,5-7,13H2,1-4H3,(H,23,26)(H,27,28);5-6,9-11H,3-4,7-8H2,1-2H3,(H,22,23)(H,24,26)(H,27,28);6-7,10-11H,3-5,8-9,12H2,1-2H3,(H,23,26)(H,27,28);6-7,9-11H,3-5,8H2,1-2H3,(H,23,25)(H,26,27). The molecule has 0 radical (unpaired) electrons. The van der Waals surface area contributed by atoms with Crippen LogP contribution in [0.25, 0.3) is 111 Å².